The van der Waals surface area contributed by atoms with Crippen molar-refractivity contribution in [3.05, 3.63) is 35.1 Å². The molecule has 2 nitrogen and oxygen atoms in total. The number of nitrogens with two attached hydrogens (primary N) is 1. The van der Waals surface area contributed by atoms with Crippen LogP contribution in [0, 0.1) is 5.82 Å². The van der Waals surface area contributed by atoms with E-state index in [1.807, 2.05) is 0 Å². The predicted octanol–water partition coefficient (Wildman–Crippen LogP) is 1.99. The summed E-state index contributed by atoms with van der Waals surface area (Å²) in [6, 6.07) is 2.51. The van der Waals surface area contributed by atoms with Gasteiger partial charge in [-0.15, -0.1) is 0 Å². The SMILES string of the molecule is NCC(=O)c1cccc(C(F)(F)F)c1F. The Morgan fingerprint density at radius 1 is 1.33 bits per heavy atom. The minimum absolute atomic E-state index is 0.530. The van der Waals surface area contributed by atoms with Gasteiger partial charge in [0.25, 0.3) is 0 Å². The van der Waals surface area contributed by atoms with E-state index in [1.165, 1.54) is 0 Å². The van der Waals surface area contributed by atoms with Crippen LogP contribution in [-0.4, -0.2) is 12.3 Å². The quantitative estimate of drug-likeness (QED) is 0.613. The predicted molar refractivity (Wildman–Crippen MR) is 44.8 cm³/mol. The Labute approximate surface area is 82.7 Å². The van der Waals surface area contributed by atoms with E-state index in [1.54, 1.807) is 0 Å². The van der Waals surface area contributed by atoms with E-state index in [9.17, 15) is 22.4 Å². The van der Waals surface area contributed by atoms with Gasteiger partial charge in [0.15, 0.2) is 5.78 Å². The summed E-state index contributed by atoms with van der Waals surface area (Å²) < 4.78 is 49.9. The van der Waals surface area contributed by atoms with Crippen LogP contribution in [0.4, 0.5) is 17.6 Å². The monoisotopic (exact) mass is 221 g/mol. The van der Waals surface area contributed by atoms with Gasteiger partial charge < -0.3 is 5.73 Å². The van der Waals surface area contributed by atoms with Crippen LogP contribution in [0.3, 0.4) is 0 Å². The van der Waals surface area contributed by atoms with E-state index in [2.05, 4.69) is 0 Å². The number of benzene rings is 1. The maximum Gasteiger partial charge on any atom is 0.419 e. The normalized spacial score (nSPS) is 11.5. The van der Waals surface area contributed by atoms with E-state index >= 15 is 0 Å². The molecule has 0 aliphatic rings. The highest BCUT2D eigenvalue weighted by Crippen LogP contribution is 2.32. The third-order valence-corrected chi connectivity index (χ3v) is 1.79. The standard InChI is InChI=1S/C9H7F4NO/c10-8-5(7(15)4-14)2-1-3-6(8)9(11,12)13/h1-3H,4,14H2. The number of hydrogen-bond donors (Lipinski definition) is 1. The van der Waals surface area contributed by atoms with Crippen LogP contribution in [0.25, 0.3) is 0 Å². The number of rotatable bonds is 2. The number of alkyl halides is 3. The molecule has 6 heteroatoms. The molecule has 0 amide bonds. The van der Waals surface area contributed by atoms with Crippen molar-refractivity contribution in [2.45, 2.75) is 6.18 Å². The van der Waals surface area contributed by atoms with Crippen molar-refractivity contribution in [1.29, 1.82) is 0 Å². The molecule has 0 radical (unpaired) electrons. The highest BCUT2D eigenvalue weighted by Gasteiger charge is 2.35. The molecule has 0 fully saturated rings. The third kappa shape index (κ3) is 2.33. The molecular weight excluding hydrogens is 214 g/mol. The van der Waals surface area contributed by atoms with Crippen molar-refractivity contribution < 1.29 is 22.4 Å². The van der Waals surface area contributed by atoms with Crippen LogP contribution in [0.2, 0.25) is 0 Å². The molecule has 0 saturated carbocycles. The molecule has 82 valence electrons. The minimum Gasteiger partial charge on any atom is -0.324 e. The summed E-state index contributed by atoms with van der Waals surface area (Å²) in [6.07, 6.45) is -4.81. The molecule has 0 aliphatic carbocycles. The average Bonchev–Trinajstić information content (AvgIpc) is 2.15. The second-order valence-corrected chi connectivity index (χ2v) is 2.79. The molecule has 1 rings (SSSR count). The third-order valence-electron chi connectivity index (χ3n) is 1.79. The average molecular weight is 221 g/mol. The zero-order valence-corrected chi connectivity index (χ0v) is 7.44. The molecule has 0 aliphatic heterocycles. The van der Waals surface area contributed by atoms with Crippen LogP contribution >= 0.6 is 0 Å². The fraction of sp³-hybridized carbons (Fsp3) is 0.222. The second-order valence-electron chi connectivity index (χ2n) is 2.79. The number of carbonyl (C=O) groups excluding carboxylic acids is 1. The molecule has 0 aromatic heterocycles. The number of ketones is 1. The maximum atomic E-state index is 13.2. The van der Waals surface area contributed by atoms with Gasteiger partial charge in [0, 0.05) is 0 Å². The van der Waals surface area contributed by atoms with Crippen molar-refractivity contribution in [2.75, 3.05) is 6.54 Å². The molecule has 1 aromatic carbocycles. The Kier molecular flexibility index (Phi) is 3.09. The smallest absolute Gasteiger partial charge is 0.324 e. The van der Waals surface area contributed by atoms with Crippen molar-refractivity contribution >= 4 is 5.78 Å². The zero-order valence-electron chi connectivity index (χ0n) is 7.44. The lowest BCUT2D eigenvalue weighted by Gasteiger charge is -2.09. The fourth-order valence-corrected chi connectivity index (χ4v) is 1.08. The van der Waals surface area contributed by atoms with Crippen molar-refractivity contribution in [3.8, 4) is 0 Å². The minimum atomic E-state index is -4.81. The molecule has 1 aromatic rings. The number of halogens is 4. The second kappa shape index (κ2) is 3.98. The van der Waals surface area contributed by atoms with Gasteiger partial charge >= 0.3 is 6.18 Å². The van der Waals surface area contributed by atoms with E-state index in [0.29, 0.717) is 6.07 Å². The lowest BCUT2D eigenvalue weighted by Crippen LogP contribution is -2.18. The van der Waals surface area contributed by atoms with Crippen molar-refractivity contribution in [1.82, 2.24) is 0 Å². The van der Waals surface area contributed by atoms with E-state index in [4.69, 9.17) is 5.73 Å². The van der Waals surface area contributed by atoms with Crippen LogP contribution in [-0.2, 0) is 6.18 Å². The van der Waals surface area contributed by atoms with E-state index < -0.39 is 35.4 Å². The first-order valence-corrected chi connectivity index (χ1v) is 3.97. The molecule has 0 heterocycles. The molecule has 0 spiro atoms. The summed E-state index contributed by atoms with van der Waals surface area (Å²) in [4.78, 5) is 11.0. The molecule has 15 heavy (non-hydrogen) atoms. The Morgan fingerprint density at radius 3 is 2.40 bits per heavy atom. The van der Waals surface area contributed by atoms with E-state index in [-0.39, 0.29) is 0 Å². The van der Waals surface area contributed by atoms with Crippen LogP contribution in [0.15, 0.2) is 18.2 Å². The largest absolute Gasteiger partial charge is 0.419 e. The molecule has 0 unspecified atom stereocenters. The lowest BCUT2D eigenvalue weighted by molar-refractivity contribution is -0.140. The number of hydrogen-bond acceptors (Lipinski definition) is 2. The lowest BCUT2D eigenvalue weighted by atomic mass is 10.1. The Hall–Kier alpha value is -1.43. The van der Waals surface area contributed by atoms with Crippen molar-refractivity contribution in [3.63, 3.8) is 0 Å². The molecule has 0 saturated heterocycles. The van der Waals surface area contributed by atoms with Crippen LogP contribution in [0.5, 0.6) is 0 Å². The van der Waals surface area contributed by atoms with Gasteiger partial charge in [-0.2, -0.15) is 13.2 Å². The number of carbonyl (C=O) groups is 1. The molecule has 0 atom stereocenters. The fourth-order valence-electron chi connectivity index (χ4n) is 1.08. The van der Waals surface area contributed by atoms with Gasteiger partial charge in [-0.25, -0.2) is 4.39 Å². The Morgan fingerprint density at radius 2 is 1.93 bits per heavy atom. The summed E-state index contributed by atoms with van der Waals surface area (Å²) in [5.41, 5.74) is 2.85. The highest BCUT2D eigenvalue weighted by atomic mass is 19.4. The first-order valence-electron chi connectivity index (χ1n) is 3.97. The molecule has 2 N–H and O–H groups in total. The summed E-state index contributed by atoms with van der Waals surface area (Å²) >= 11 is 0. The van der Waals surface area contributed by atoms with E-state index in [0.717, 1.165) is 12.1 Å². The maximum absolute atomic E-state index is 13.2. The van der Waals surface area contributed by atoms with Gasteiger partial charge in [0.05, 0.1) is 17.7 Å². The first kappa shape index (κ1) is 11.6. The van der Waals surface area contributed by atoms with Gasteiger partial charge in [-0.3, -0.25) is 4.79 Å². The van der Waals surface area contributed by atoms with Gasteiger partial charge in [-0.05, 0) is 12.1 Å². The van der Waals surface area contributed by atoms with Gasteiger partial charge in [-0.1, -0.05) is 6.07 Å². The Balaban J connectivity index is 3.30. The first-order chi connectivity index (χ1) is 6.88. The summed E-state index contributed by atoms with van der Waals surface area (Å²) in [5.74, 6) is -2.43. The van der Waals surface area contributed by atoms with Gasteiger partial charge in [0.1, 0.15) is 5.82 Å². The topological polar surface area (TPSA) is 43.1 Å². The molecular formula is C9H7F4NO. The van der Waals surface area contributed by atoms with Crippen molar-refractivity contribution in [2.24, 2.45) is 5.73 Å². The summed E-state index contributed by atoms with van der Waals surface area (Å²) in [7, 11) is 0. The Bertz CT molecular complexity index is 386. The summed E-state index contributed by atoms with van der Waals surface area (Å²) in [6.45, 7) is -0.530. The highest BCUT2D eigenvalue weighted by molar-refractivity contribution is 5.97. The number of Topliss-reactive ketones (excluding diaryl/α,β-unsaturated/α-hetero) is 1. The van der Waals surface area contributed by atoms with Crippen LogP contribution in [0.1, 0.15) is 15.9 Å². The zero-order chi connectivity index (χ0) is 11.6. The summed E-state index contributed by atoms with van der Waals surface area (Å²) in [5, 5.41) is 0. The molecule has 0 bridgehead atoms. The van der Waals surface area contributed by atoms with Crippen LogP contribution < -0.4 is 5.73 Å². The van der Waals surface area contributed by atoms with Gasteiger partial charge in [0.2, 0.25) is 0 Å².